The number of benzene rings is 1. The Morgan fingerprint density at radius 2 is 2.04 bits per heavy atom. The first kappa shape index (κ1) is 17.9. The molecule has 2 aromatic rings. The molecular formula is C17H20F2N2O3. The third-order valence-electron chi connectivity index (χ3n) is 3.40. The summed E-state index contributed by atoms with van der Waals surface area (Å²) in [4.78, 5) is 12.1. The monoisotopic (exact) mass is 338 g/mol. The van der Waals surface area contributed by atoms with E-state index in [-0.39, 0.29) is 30.9 Å². The van der Waals surface area contributed by atoms with Gasteiger partial charge in [-0.2, -0.15) is 0 Å². The largest absolute Gasteiger partial charge is 0.491 e. The molecule has 5 nitrogen and oxygen atoms in total. The molecule has 0 fully saturated rings. The number of amides is 1. The molecule has 24 heavy (non-hydrogen) atoms. The normalized spacial score (nSPS) is 12.2. The molecule has 1 amide bonds. The van der Waals surface area contributed by atoms with E-state index in [2.05, 4.69) is 5.32 Å². The van der Waals surface area contributed by atoms with E-state index >= 15 is 0 Å². The number of rotatable bonds is 7. The zero-order valence-corrected chi connectivity index (χ0v) is 13.5. The van der Waals surface area contributed by atoms with Gasteiger partial charge in [-0.15, -0.1) is 0 Å². The molecule has 1 unspecified atom stereocenters. The van der Waals surface area contributed by atoms with Crippen LogP contribution in [-0.2, 0) is 0 Å². The second-order valence-electron chi connectivity index (χ2n) is 5.65. The van der Waals surface area contributed by atoms with Crippen molar-refractivity contribution in [3.05, 3.63) is 53.9 Å². The lowest BCUT2D eigenvalue weighted by molar-refractivity contribution is 0.0834. The SMILES string of the molecule is CC(C)n1cccc1C(=O)NCC(O)COc1ccc(F)c(F)c1. The summed E-state index contributed by atoms with van der Waals surface area (Å²) in [6.45, 7) is 3.74. The summed E-state index contributed by atoms with van der Waals surface area (Å²) in [7, 11) is 0. The Morgan fingerprint density at radius 3 is 2.71 bits per heavy atom. The molecule has 2 N–H and O–H groups in total. The summed E-state index contributed by atoms with van der Waals surface area (Å²) in [6.07, 6.45) is 0.826. The van der Waals surface area contributed by atoms with E-state index in [0.29, 0.717) is 5.69 Å². The Kier molecular flexibility index (Phi) is 5.92. The zero-order chi connectivity index (χ0) is 17.7. The highest BCUT2D eigenvalue weighted by Crippen LogP contribution is 2.15. The van der Waals surface area contributed by atoms with Crippen molar-refractivity contribution in [3.8, 4) is 5.75 Å². The van der Waals surface area contributed by atoms with Crippen LogP contribution < -0.4 is 10.1 Å². The number of carbonyl (C=O) groups excluding carboxylic acids is 1. The lowest BCUT2D eigenvalue weighted by atomic mass is 10.3. The van der Waals surface area contributed by atoms with Gasteiger partial charge in [0.25, 0.3) is 5.91 Å². The molecule has 0 aliphatic rings. The second kappa shape index (κ2) is 7.92. The maximum atomic E-state index is 13.0. The van der Waals surface area contributed by atoms with Crippen LogP contribution in [0.5, 0.6) is 5.75 Å². The van der Waals surface area contributed by atoms with Gasteiger partial charge in [-0.25, -0.2) is 8.78 Å². The van der Waals surface area contributed by atoms with Crippen LogP contribution in [0.3, 0.4) is 0 Å². The molecule has 0 bridgehead atoms. The molecule has 0 saturated carbocycles. The standard InChI is InChI=1S/C17H20F2N2O3/c1-11(2)21-7-3-4-16(21)17(23)20-9-12(22)10-24-13-5-6-14(18)15(19)8-13/h3-8,11-12,22H,9-10H2,1-2H3,(H,20,23). The van der Waals surface area contributed by atoms with Crippen molar-refractivity contribution in [3.63, 3.8) is 0 Å². The number of hydrogen-bond donors (Lipinski definition) is 2. The summed E-state index contributed by atoms with van der Waals surface area (Å²) >= 11 is 0. The van der Waals surface area contributed by atoms with Crippen LogP contribution in [0.15, 0.2) is 36.5 Å². The maximum absolute atomic E-state index is 13.0. The predicted molar refractivity (Wildman–Crippen MR) is 85.0 cm³/mol. The highest BCUT2D eigenvalue weighted by atomic mass is 19.2. The molecule has 1 aromatic heterocycles. The number of aliphatic hydroxyl groups excluding tert-OH is 1. The Labute approximate surface area is 138 Å². The fourth-order valence-electron chi connectivity index (χ4n) is 2.16. The predicted octanol–water partition coefficient (Wildman–Crippen LogP) is 2.52. The number of ether oxygens (including phenoxy) is 1. The lowest BCUT2D eigenvalue weighted by Gasteiger charge is -2.15. The lowest BCUT2D eigenvalue weighted by Crippen LogP contribution is -2.36. The molecule has 0 aliphatic heterocycles. The van der Waals surface area contributed by atoms with Crippen molar-refractivity contribution < 1.29 is 23.4 Å². The molecule has 7 heteroatoms. The molecule has 1 heterocycles. The maximum Gasteiger partial charge on any atom is 0.268 e. The summed E-state index contributed by atoms with van der Waals surface area (Å²) < 4.78 is 32.8. The van der Waals surface area contributed by atoms with Crippen molar-refractivity contribution >= 4 is 5.91 Å². The number of aliphatic hydroxyl groups is 1. The smallest absolute Gasteiger partial charge is 0.268 e. The molecular weight excluding hydrogens is 318 g/mol. The molecule has 2 rings (SSSR count). The molecule has 0 spiro atoms. The van der Waals surface area contributed by atoms with E-state index in [1.54, 1.807) is 12.1 Å². The average molecular weight is 338 g/mol. The van der Waals surface area contributed by atoms with Gasteiger partial charge in [0.1, 0.15) is 24.2 Å². The third-order valence-corrected chi connectivity index (χ3v) is 3.40. The number of carbonyl (C=O) groups is 1. The van der Waals surface area contributed by atoms with Gasteiger partial charge < -0.3 is 19.7 Å². The van der Waals surface area contributed by atoms with E-state index < -0.39 is 17.7 Å². The minimum atomic E-state index is -1.02. The van der Waals surface area contributed by atoms with Gasteiger partial charge in [0.2, 0.25) is 0 Å². The topological polar surface area (TPSA) is 63.5 Å². The van der Waals surface area contributed by atoms with Crippen LogP contribution in [0.25, 0.3) is 0 Å². The van der Waals surface area contributed by atoms with Crippen LogP contribution in [0.2, 0.25) is 0 Å². The number of halogens is 2. The molecule has 0 radical (unpaired) electrons. The van der Waals surface area contributed by atoms with Crippen molar-refractivity contribution in [1.82, 2.24) is 9.88 Å². The van der Waals surface area contributed by atoms with Crippen LogP contribution in [-0.4, -0.2) is 34.8 Å². The average Bonchev–Trinajstić information content (AvgIpc) is 3.03. The van der Waals surface area contributed by atoms with Crippen molar-refractivity contribution in [2.24, 2.45) is 0 Å². The van der Waals surface area contributed by atoms with Crippen LogP contribution in [0, 0.1) is 11.6 Å². The van der Waals surface area contributed by atoms with Gasteiger partial charge >= 0.3 is 0 Å². The first-order valence-corrected chi connectivity index (χ1v) is 7.59. The Balaban J connectivity index is 1.82. The van der Waals surface area contributed by atoms with Crippen LogP contribution in [0.4, 0.5) is 8.78 Å². The van der Waals surface area contributed by atoms with Crippen molar-refractivity contribution in [1.29, 1.82) is 0 Å². The van der Waals surface area contributed by atoms with Crippen LogP contribution in [0.1, 0.15) is 30.4 Å². The Bertz CT molecular complexity index is 701. The fraction of sp³-hybridized carbons (Fsp3) is 0.353. The first-order chi connectivity index (χ1) is 11.4. The number of hydrogen-bond acceptors (Lipinski definition) is 3. The second-order valence-corrected chi connectivity index (χ2v) is 5.65. The molecule has 0 aliphatic carbocycles. The summed E-state index contributed by atoms with van der Waals surface area (Å²) in [5.74, 6) is -2.19. The highest BCUT2D eigenvalue weighted by molar-refractivity contribution is 5.92. The number of nitrogens with zero attached hydrogens (tertiary/aromatic N) is 1. The van der Waals surface area contributed by atoms with E-state index in [0.717, 1.165) is 12.1 Å². The van der Waals surface area contributed by atoms with Gasteiger partial charge in [0.15, 0.2) is 11.6 Å². The first-order valence-electron chi connectivity index (χ1n) is 7.59. The van der Waals surface area contributed by atoms with E-state index in [4.69, 9.17) is 4.74 Å². The Morgan fingerprint density at radius 1 is 1.29 bits per heavy atom. The van der Waals surface area contributed by atoms with Gasteiger partial charge in [-0.05, 0) is 38.1 Å². The van der Waals surface area contributed by atoms with Gasteiger partial charge in [0, 0.05) is 24.8 Å². The summed E-state index contributed by atoms with van der Waals surface area (Å²) in [5.41, 5.74) is 0.499. The van der Waals surface area contributed by atoms with Gasteiger partial charge in [-0.3, -0.25) is 4.79 Å². The fourth-order valence-corrected chi connectivity index (χ4v) is 2.16. The molecule has 1 atom stereocenters. The summed E-state index contributed by atoms with van der Waals surface area (Å²) in [6, 6.07) is 6.72. The van der Waals surface area contributed by atoms with Gasteiger partial charge in [0.05, 0.1) is 0 Å². The highest BCUT2D eigenvalue weighted by Gasteiger charge is 2.14. The van der Waals surface area contributed by atoms with E-state index in [9.17, 15) is 18.7 Å². The molecule has 1 aromatic carbocycles. The minimum Gasteiger partial charge on any atom is -0.491 e. The number of nitrogens with one attached hydrogen (secondary N) is 1. The van der Waals surface area contributed by atoms with Crippen molar-refractivity contribution in [2.75, 3.05) is 13.2 Å². The summed E-state index contributed by atoms with van der Waals surface area (Å²) in [5, 5.41) is 12.5. The molecule has 130 valence electrons. The minimum absolute atomic E-state index is 0.0220. The molecule has 0 saturated heterocycles. The van der Waals surface area contributed by atoms with Crippen LogP contribution >= 0.6 is 0 Å². The van der Waals surface area contributed by atoms with E-state index in [1.165, 1.54) is 6.07 Å². The zero-order valence-electron chi connectivity index (χ0n) is 13.5. The van der Waals surface area contributed by atoms with E-state index in [1.807, 2.05) is 24.6 Å². The van der Waals surface area contributed by atoms with Gasteiger partial charge in [-0.1, -0.05) is 0 Å². The third kappa shape index (κ3) is 4.55. The Hall–Kier alpha value is -2.41. The quantitative estimate of drug-likeness (QED) is 0.815. The van der Waals surface area contributed by atoms with Crippen molar-refractivity contribution in [2.45, 2.75) is 26.0 Å². The number of aromatic nitrogens is 1.